The first-order valence-corrected chi connectivity index (χ1v) is 5.07. The molecule has 0 saturated heterocycles. The molecule has 0 spiro atoms. The highest BCUT2D eigenvalue weighted by atomic mass is 13.9. The van der Waals surface area contributed by atoms with Crippen LogP contribution in [0.2, 0.25) is 0 Å². The van der Waals surface area contributed by atoms with E-state index in [1.807, 2.05) is 0 Å². The predicted octanol–water partition coefficient (Wildman–Crippen LogP) is 4.34. The van der Waals surface area contributed by atoms with Crippen molar-refractivity contribution in [2.45, 2.75) is 46.5 Å². The molecule has 0 amide bonds. The van der Waals surface area contributed by atoms with E-state index in [-0.39, 0.29) is 0 Å². The van der Waals surface area contributed by atoms with Gasteiger partial charge in [0.1, 0.15) is 0 Å². The number of allylic oxidation sites excluding steroid dienone is 4. The third-order valence-electron chi connectivity index (χ3n) is 1.68. The molecule has 0 aromatic carbocycles. The van der Waals surface area contributed by atoms with Gasteiger partial charge in [0.25, 0.3) is 0 Å². The molecule has 0 aromatic rings. The van der Waals surface area contributed by atoms with E-state index in [1.54, 1.807) is 0 Å². The van der Waals surface area contributed by atoms with Crippen LogP contribution in [0.1, 0.15) is 46.5 Å². The van der Waals surface area contributed by atoms with E-state index in [0.717, 1.165) is 12.3 Å². The molecule has 0 N–H and O–H groups in total. The van der Waals surface area contributed by atoms with Crippen LogP contribution in [0.3, 0.4) is 0 Å². The molecule has 0 aliphatic carbocycles. The lowest BCUT2D eigenvalue weighted by molar-refractivity contribution is 0.662. The lowest BCUT2D eigenvalue weighted by atomic mass is 10.1. The topological polar surface area (TPSA) is 0 Å². The molecular formula is C12H22. The lowest BCUT2D eigenvalue weighted by Crippen LogP contribution is -1.80. The fourth-order valence-corrected chi connectivity index (χ4v) is 0.963. The summed E-state index contributed by atoms with van der Waals surface area (Å²) in [6.07, 6.45) is 13.9. The summed E-state index contributed by atoms with van der Waals surface area (Å²) in [5, 5.41) is 0. The normalized spacial score (nSPS) is 12.3. The van der Waals surface area contributed by atoms with Gasteiger partial charge in [0.05, 0.1) is 0 Å². The zero-order valence-electron chi connectivity index (χ0n) is 8.72. The molecule has 0 rings (SSSR count). The molecule has 70 valence electrons. The van der Waals surface area contributed by atoms with E-state index >= 15 is 0 Å². The van der Waals surface area contributed by atoms with E-state index < -0.39 is 0 Å². The standard InChI is InChI=1S/C12H22/c1-4-5-6-7-8-9-10-11-12(2)3/h5-6,9-10,12H,4,7-8,11H2,1-3H3. The Hall–Kier alpha value is -0.520. The summed E-state index contributed by atoms with van der Waals surface area (Å²) < 4.78 is 0. The zero-order chi connectivity index (χ0) is 9.23. The highest BCUT2D eigenvalue weighted by molar-refractivity contribution is 4.87. The summed E-state index contributed by atoms with van der Waals surface area (Å²) in [5.74, 6) is 0.799. The van der Waals surface area contributed by atoms with Crippen molar-refractivity contribution in [1.82, 2.24) is 0 Å². The van der Waals surface area contributed by atoms with E-state index in [0.29, 0.717) is 0 Å². The molecule has 12 heavy (non-hydrogen) atoms. The minimum atomic E-state index is 0.799. The van der Waals surface area contributed by atoms with Crippen molar-refractivity contribution in [3.8, 4) is 0 Å². The van der Waals surface area contributed by atoms with Gasteiger partial charge in [-0.3, -0.25) is 0 Å². The Balaban J connectivity index is 3.19. The number of hydrogen-bond acceptors (Lipinski definition) is 0. The summed E-state index contributed by atoms with van der Waals surface area (Å²) in [6.45, 7) is 6.67. The van der Waals surface area contributed by atoms with Crippen LogP contribution in [0.15, 0.2) is 24.3 Å². The van der Waals surface area contributed by atoms with Crippen LogP contribution in [0.5, 0.6) is 0 Å². The predicted molar refractivity (Wildman–Crippen MR) is 57.3 cm³/mol. The van der Waals surface area contributed by atoms with Crippen molar-refractivity contribution in [2.24, 2.45) is 5.92 Å². The molecule has 0 nitrogen and oxygen atoms in total. The Morgan fingerprint density at radius 3 is 2.00 bits per heavy atom. The average molecular weight is 166 g/mol. The van der Waals surface area contributed by atoms with Gasteiger partial charge in [0, 0.05) is 0 Å². The van der Waals surface area contributed by atoms with E-state index in [4.69, 9.17) is 0 Å². The molecule has 0 atom stereocenters. The van der Waals surface area contributed by atoms with Gasteiger partial charge in [-0.15, -0.1) is 0 Å². The van der Waals surface area contributed by atoms with E-state index in [1.165, 1.54) is 19.3 Å². The van der Waals surface area contributed by atoms with Crippen LogP contribution in [0.25, 0.3) is 0 Å². The summed E-state index contributed by atoms with van der Waals surface area (Å²) in [5.41, 5.74) is 0. The van der Waals surface area contributed by atoms with Crippen molar-refractivity contribution < 1.29 is 0 Å². The molecule has 0 heteroatoms. The highest BCUT2D eigenvalue weighted by Gasteiger charge is 1.85. The van der Waals surface area contributed by atoms with Crippen molar-refractivity contribution in [3.63, 3.8) is 0 Å². The molecule has 0 saturated carbocycles. The quantitative estimate of drug-likeness (QED) is 0.407. The third kappa shape index (κ3) is 9.48. The molecule has 0 fully saturated rings. The Morgan fingerprint density at radius 2 is 1.50 bits per heavy atom. The average Bonchev–Trinajstić information content (AvgIpc) is 2.02. The Labute approximate surface area is 77.4 Å². The van der Waals surface area contributed by atoms with Gasteiger partial charge in [-0.05, 0) is 31.6 Å². The van der Waals surface area contributed by atoms with Crippen LogP contribution < -0.4 is 0 Å². The largest absolute Gasteiger partial charge is 0.0888 e. The van der Waals surface area contributed by atoms with Crippen molar-refractivity contribution >= 4 is 0 Å². The van der Waals surface area contributed by atoms with E-state index in [2.05, 4.69) is 45.1 Å². The molecule has 0 radical (unpaired) electrons. The van der Waals surface area contributed by atoms with Crippen LogP contribution in [-0.4, -0.2) is 0 Å². The fraction of sp³-hybridized carbons (Fsp3) is 0.667. The van der Waals surface area contributed by atoms with Crippen molar-refractivity contribution in [2.75, 3.05) is 0 Å². The Bertz CT molecular complexity index is 129. The first kappa shape index (κ1) is 11.5. The number of rotatable bonds is 6. The van der Waals surface area contributed by atoms with Gasteiger partial charge in [-0.1, -0.05) is 45.1 Å². The molecule has 0 aromatic heterocycles. The van der Waals surface area contributed by atoms with Gasteiger partial charge in [0.15, 0.2) is 0 Å². The van der Waals surface area contributed by atoms with Gasteiger partial charge >= 0.3 is 0 Å². The summed E-state index contributed by atoms with van der Waals surface area (Å²) >= 11 is 0. The molecular weight excluding hydrogens is 144 g/mol. The second kappa shape index (κ2) is 8.58. The first-order valence-electron chi connectivity index (χ1n) is 5.07. The van der Waals surface area contributed by atoms with Crippen LogP contribution >= 0.6 is 0 Å². The van der Waals surface area contributed by atoms with Crippen molar-refractivity contribution in [3.05, 3.63) is 24.3 Å². The van der Waals surface area contributed by atoms with E-state index in [9.17, 15) is 0 Å². The van der Waals surface area contributed by atoms with Gasteiger partial charge in [0.2, 0.25) is 0 Å². The maximum atomic E-state index is 2.30. The van der Waals surface area contributed by atoms with Gasteiger partial charge in [-0.2, -0.15) is 0 Å². The highest BCUT2D eigenvalue weighted by Crippen LogP contribution is 2.01. The zero-order valence-corrected chi connectivity index (χ0v) is 8.72. The van der Waals surface area contributed by atoms with Gasteiger partial charge < -0.3 is 0 Å². The molecule has 0 bridgehead atoms. The Kier molecular flexibility index (Phi) is 8.20. The van der Waals surface area contributed by atoms with Crippen LogP contribution in [0, 0.1) is 5.92 Å². The second-order valence-corrected chi connectivity index (χ2v) is 3.56. The summed E-state index contributed by atoms with van der Waals surface area (Å²) in [4.78, 5) is 0. The smallest absolute Gasteiger partial charge is 0.0316 e. The number of hydrogen-bond donors (Lipinski definition) is 0. The molecule has 0 heterocycles. The lowest BCUT2D eigenvalue weighted by Gasteiger charge is -1.95. The third-order valence-corrected chi connectivity index (χ3v) is 1.68. The molecule has 0 aliphatic rings. The fourth-order valence-electron chi connectivity index (χ4n) is 0.963. The molecule has 0 unspecified atom stereocenters. The molecule has 0 aliphatic heterocycles. The minimum absolute atomic E-state index is 0.799. The maximum absolute atomic E-state index is 2.30. The maximum Gasteiger partial charge on any atom is -0.0316 e. The van der Waals surface area contributed by atoms with Crippen LogP contribution in [0.4, 0.5) is 0 Å². The van der Waals surface area contributed by atoms with Crippen molar-refractivity contribution in [1.29, 1.82) is 0 Å². The minimum Gasteiger partial charge on any atom is -0.0888 e. The Morgan fingerprint density at radius 1 is 0.917 bits per heavy atom. The summed E-state index contributed by atoms with van der Waals surface area (Å²) in [7, 11) is 0. The summed E-state index contributed by atoms with van der Waals surface area (Å²) in [6, 6.07) is 0. The monoisotopic (exact) mass is 166 g/mol. The second-order valence-electron chi connectivity index (χ2n) is 3.56. The van der Waals surface area contributed by atoms with Gasteiger partial charge in [-0.25, -0.2) is 0 Å². The van der Waals surface area contributed by atoms with Crippen LogP contribution in [-0.2, 0) is 0 Å². The SMILES string of the molecule is CCC=CCCC=CCC(C)C. The number of unbranched alkanes of at least 4 members (excludes halogenated alkanes) is 1. The first-order chi connectivity index (χ1) is 5.77.